The van der Waals surface area contributed by atoms with Crippen molar-refractivity contribution in [2.45, 2.75) is 62.3 Å². The number of sulfonamides is 1. The predicted molar refractivity (Wildman–Crippen MR) is 118 cm³/mol. The number of primary sulfonamides is 1. The zero-order valence-corrected chi connectivity index (χ0v) is 19.2. The molecular weight excluding hydrogens is 455 g/mol. The Bertz CT molecular complexity index is 1180. The number of carbonyl (C=O) groups excluding carboxylic acids is 1. The summed E-state index contributed by atoms with van der Waals surface area (Å²) in [6.07, 6.45) is -2.15. The number of fused-ring (bicyclic) bond motifs is 1. The number of amides is 1. The zero-order chi connectivity index (χ0) is 24.1. The molecule has 1 aliphatic heterocycles. The first-order valence-corrected chi connectivity index (χ1v) is 12.3. The minimum absolute atomic E-state index is 0.000486. The highest BCUT2D eigenvalue weighted by atomic mass is 32.2. The highest BCUT2D eigenvalue weighted by Crippen LogP contribution is 2.38. The number of anilines is 1. The first-order valence-electron chi connectivity index (χ1n) is 10.8. The van der Waals surface area contributed by atoms with Crippen LogP contribution in [0.3, 0.4) is 0 Å². The Morgan fingerprint density at radius 2 is 1.91 bits per heavy atom. The van der Waals surface area contributed by atoms with Gasteiger partial charge in [-0.25, -0.2) is 13.6 Å². The lowest BCUT2D eigenvalue weighted by atomic mass is 10.0. The van der Waals surface area contributed by atoms with Gasteiger partial charge in [-0.2, -0.15) is 13.2 Å². The van der Waals surface area contributed by atoms with Crippen LogP contribution in [0.5, 0.6) is 0 Å². The van der Waals surface area contributed by atoms with Crippen molar-refractivity contribution in [2.24, 2.45) is 5.14 Å². The fraction of sp³-hybridized carbons (Fsp3) is 0.435. The summed E-state index contributed by atoms with van der Waals surface area (Å²) in [5, 5.41) is 5.23. The molecule has 2 atom stereocenters. The maximum atomic E-state index is 13.4. The molecule has 178 valence electrons. The van der Waals surface area contributed by atoms with Crippen LogP contribution in [0.4, 0.5) is 18.9 Å². The number of hydrogen-bond acceptors (Lipinski definition) is 4. The second kappa shape index (κ2) is 8.41. The van der Waals surface area contributed by atoms with Crippen LogP contribution in [0.25, 0.3) is 0 Å². The monoisotopic (exact) mass is 481 g/mol. The molecule has 0 saturated heterocycles. The van der Waals surface area contributed by atoms with Crippen molar-refractivity contribution in [1.82, 2.24) is 4.90 Å². The number of nitrogens with zero attached hydrogens (tertiary/aromatic N) is 2. The van der Waals surface area contributed by atoms with Gasteiger partial charge < -0.3 is 4.90 Å². The van der Waals surface area contributed by atoms with Crippen LogP contribution in [0, 0.1) is 0 Å². The molecule has 1 saturated carbocycles. The minimum atomic E-state index is -4.43. The van der Waals surface area contributed by atoms with E-state index in [0.29, 0.717) is 17.7 Å². The molecule has 4 rings (SSSR count). The lowest BCUT2D eigenvalue weighted by Crippen LogP contribution is -2.44. The highest BCUT2D eigenvalue weighted by molar-refractivity contribution is 7.89. The molecule has 1 aliphatic carbocycles. The molecule has 10 heteroatoms. The van der Waals surface area contributed by atoms with Gasteiger partial charge in [0.25, 0.3) is 0 Å². The summed E-state index contributed by atoms with van der Waals surface area (Å²) in [5.74, 6) is -0.171. The van der Waals surface area contributed by atoms with Crippen LogP contribution in [0.1, 0.15) is 49.4 Å². The van der Waals surface area contributed by atoms with E-state index in [1.54, 1.807) is 17.0 Å². The third kappa shape index (κ3) is 4.92. The summed E-state index contributed by atoms with van der Waals surface area (Å²) in [6.45, 7) is 3.76. The number of rotatable bonds is 6. The molecule has 1 amide bonds. The van der Waals surface area contributed by atoms with E-state index in [1.165, 1.54) is 18.2 Å². The molecule has 1 fully saturated rings. The molecular formula is C23H26F3N3O3S. The van der Waals surface area contributed by atoms with Crippen molar-refractivity contribution in [3.05, 3.63) is 59.2 Å². The van der Waals surface area contributed by atoms with Crippen LogP contribution in [-0.2, 0) is 27.4 Å². The molecule has 0 radical (unpaired) electrons. The SMILES string of the molecule is CC1Cc2cc(S(N)(=O)=O)ccc2N1C(=O)CN(C1CC1)C(C)c1cccc(C(F)(F)F)c1. The van der Waals surface area contributed by atoms with Gasteiger partial charge >= 0.3 is 6.18 Å². The van der Waals surface area contributed by atoms with Crippen LogP contribution in [0.2, 0.25) is 0 Å². The first kappa shape index (κ1) is 23.7. The van der Waals surface area contributed by atoms with Gasteiger partial charge in [0, 0.05) is 23.8 Å². The van der Waals surface area contributed by atoms with E-state index in [-0.39, 0.29) is 35.5 Å². The largest absolute Gasteiger partial charge is 0.416 e. The Kier molecular flexibility index (Phi) is 6.05. The maximum absolute atomic E-state index is 13.4. The summed E-state index contributed by atoms with van der Waals surface area (Å²) in [4.78, 5) is 17.0. The van der Waals surface area contributed by atoms with E-state index in [0.717, 1.165) is 30.5 Å². The van der Waals surface area contributed by atoms with Crippen molar-refractivity contribution < 1.29 is 26.4 Å². The van der Waals surface area contributed by atoms with Crippen LogP contribution in [-0.4, -0.2) is 37.9 Å². The summed E-state index contributed by atoms with van der Waals surface area (Å²) in [7, 11) is -3.85. The van der Waals surface area contributed by atoms with Crippen LogP contribution < -0.4 is 10.0 Å². The average molecular weight is 482 g/mol. The molecule has 2 unspecified atom stereocenters. The van der Waals surface area contributed by atoms with Crippen molar-refractivity contribution in [2.75, 3.05) is 11.4 Å². The second-order valence-electron chi connectivity index (χ2n) is 8.86. The van der Waals surface area contributed by atoms with Crippen molar-refractivity contribution >= 4 is 21.6 Å². The summed E-state index contributed by atoms with van der Waals surface area (Å²) in [5.41, 5.74) is 1.17. The first-order chi connectivity index (χ1) is 15.4. The summed E-state index contributed by atoms with van der Waals surface area (Å²) < 4.78 is 62.9. The minimum Gasteiger partial charge on any atom is -0.308 e. The molecule has 1 heterocycles. The maximum Gasteiger partial charge on any atom is 0.416 e. The smallest absolute Gasteiger partial charge is 0.308 e. The third-order valence-corrected chi connectivity index (χ3v) is 7.30. The topological polar surface area (TPSA) is 83.7 Å². The Hall–Kier alpha value is -2.43. The van der Waals surface area contributed by atoms with Gasteiger partial charge in [0.15, 0.2) is 0 Å². The predicted octanol–water partition coefficient (Wildman–Crippen LogP) is 3.86. The Morgan fingerprint density at radius 1 is 1.21 bits per heavy atom. The standard InChI is InChI=1S/C23H26F3N3O3S/c1-14-10-17-12-20(33(27,31)32)8-9-21(17)29(14)22(30)13-28(19-6-7-19)15(2)16-4-3-5-18(11-16)23(24,25)26/h3-5,8-9,11-12,14-15,19H,6-7,10,13H2,1-2H3,(H2,27,31,32). The normalized spacial score (nSPS) is 19.6. The number of alkyl halides is 3. The molecule has 2 aromatic rings. The molecule has 0 spiro atoms. The van der Waals surface area contributed by atoms with E-state index >= 15 is 0 Å². The lowest BCUT2D eigenvalue weighted by molar-refractivity contribution is -0.137. The highest BCUT2D eigenvalue weighted by Gasteiger charge is 2.38. The molecule has 0 aromatic heterocycles. The number of hydrogen-bond donors (Lipinski definition) is 1. The summed E-state index contributed by atoms with van der Waals surface area (Å²) >= 11 is 0. The molecule has 2 aliphatic rings. The fourth-order valence-corrected chi connectivity index (χ4v) is 5.12. The van der Waals surface area contributed by atoms with E-state index in [9.17, 15) is 26.4 Å². The zero-order valence-electron chi connectivity index (χ0n) is 18.3. The van der Waals surface area contributed by atoms with Gasteiger partial charge in [-0.15, -0.1) is 0 Å². The second-order valence-corrected chi connectivity index (χ2v) is 10.4. The molecule has 2 aromatic carbocycles. The Labute approximate surface area is 191 Å². The van der Waals surface area contributed by atoms with E-state index in [2.05, 4.69) is 0 Å². The van der Waals surface area contributed by atoms with Gasteiger partial charge in [0.05, 0.1) is 17.0 Å². The molecule has 33 heavy (non-hydrogen) atoms. The molecule has 0 bridgehead atoms. The summed E-state index contributed by atoms with van der Waals surface area (Å²) in [6, 6.07) is 9.31. The van der Waals surface area contributed by atoms with E-state index < -0.39 is 21.8 Å². The Balaban J connectivity index is 1.57. The lowest BCUT2D eigenvalue weighted by Gasteiger charge is -2.32. The van der Waals surface area contributed by atoms with E-state index in [1.807, 2.05) is 18.7 Å². The van der Waals surface area contributed by atoms with Gasteiger partial charge in [0.2, 0.25) is 15.9 Å². The average Bonchev–Trinajstić information content (AvgIpc) is 3.51. The number of nitrogens with two attached hydrogens (primary N) is 1. The van der Waals surface area contributed by atoms with Crippen molar-refractivity contribution in [1.29, 1.82) is 0 Å². The Morgan fingerprint density at radius 3 is 2.52 bits per heavy atom. The van der Waals surface area contributed by atoms with Crippen molar-refractivity contribution in [3.63, 3.8) is 0 Å². The van der Waals surface area contributed by atoms with Gasteiger partial charge in [0.1, 0.15) is 0 Å². The quantitative estimate of drug-likeness (QED) is 0.679. The molecule has 6 nitrogen and oxygen atoms in total. The van der Waals surface area contributed by atoms with Crippen molar-refractivity contribution in [3.8, 4) is 0 Å². The van der Waals surface area contributed by atoms with Gasteiger partial charge in [-0.3, -0.25) is 9.69 Å². The van der Waals surface area contributed by atoms with Gasteiger partial charge in [-0.05, 0) is 74.6 Å². The van der Waals surface area contributed by atoms with Gasteiger partial charge in [-0.1, -0.05) is 12.1 Å². The molecule has 2 N–H and O–H groups in total. The number of halogens is 3. The number of benzene rings is 2. The third-order valence-electron chi connectivity index (χ3n) is 6.39. The van der Waals surface area contributed by atoms with E-state index in [4.69, 9.17) is 5.14 Å². The van der Waals surface area contributed by atoms with Crippen LogP contribution in [0.15, 0.2) is 47.4 Å². The van der Waals surface area contributed by atoms with Crippen LogP contribution >= 0.6 is 0 Å². The number of carbonyl (C=O) groups is 1. The fourth-order valence-electron chi connectivity index (χ4n) is 4.55.